The summed E-state index contributed by atoms with van der Waals surface area (Å²) in [6.45, 7) is 0.824. The molecule has 0 N–H and O–H groups in total. The van der Waals surface area contributed by atoms with E-state index in [1.807, 2.05) is 23.7 Å². The highest BCUT2D eigenvalue weighted by Crippen LogP contribution is 2.40. The van der Waals surface area contributed by atoms with Gasteiger partial charge in [-0.15, -0.1) is 10.2 Å². The van der Waals surface area contributed by atoms with E-state index in [1.165, 1.54) is 11.0 Å². The van der Waals surface area contributed by atoms with Crippen LogP contribution < -0.4 is 4.90 Å². The van der Waals surface area contributed by atoms with Crippen LogP contribution in [0.1, 0.15) is 56.1 Å². The van der Waals surface area contributed by atoms with Crippen molar-refractivity contribution in [1.82, 2.24) is 19.7 Å². The number of halogens is 3. The minimum Gasteiger partial charge on any atom is -0.339 e. The molecule has 2 amide bonds. The quantitative estimate of drug-likeness (QED) is 0.550. The Morgan fingerprint density at radius 3 is 2.54 bits per heavy atom. The van der Waals surface area contributed by atoms with Gasteiger partial charge in [0.1, 0.15) is 12.2 Å². The van der Waals surface area contributed by atoms with Gasteiger partial charge in [-0.3, -0.25) is 9.59 Å². The number of hydrogen-bond acceptors (Lipinski definition) is 4. The molecule has 0 radical (unpaired) electrons. The van der Waals surface area contributed by atoms with E-state index in [9.17, 15) is 22.8 Å². The second kappa shape index (κ2) is 8.83. The maximum Gasteiger partial charge on any atom is 0.416 e. The van der Waals surface area contributed by atoms with E-state index >= 15 is 0 Å². The molecule has 0 unspecified atom stereocenters. The molecule has 1 fully saturated rings. The average molecular weight is 483 g/mol. The summed E-state index contributed by atoms with van der Waals surface area (Å²) in [5.74, 6) is -0.190. The Kier molecular flexibility index (Phi) is 5.82. The Hall–Kier alpha value is -3.69. The second-order valence-electron chi connectivity index (χ2n) is 8.97. The molecule has 182 valence electrons. The zero-order valence-electron chi connectivity index (χ0n) is 19.2. The zero-order valence-corrected chi connectivity index (χ0v) is 19.2. The highest BCUT2D eigenvalue weighted by atomic mass is 19.4. The Balaban J connectivity index is 1.44. The van der Waals surface area contributed by atoms with Crippen LogP contribution in [0, 0.1) is 0 Å². The molecule has 0 atom stereocenters. The van der Waals surface area contributed by atoms with Crippen molar-refractivity contribution in [3.05, 3.63) is 76.4 Å². The van der Waals surface area contributed by atoms with Gasteiger partial charge in [-0.1, -0.05) is 12.1 Å². The first kappa shape index (κ1) is 23.1. The van der Waals surface area contributed by atoms with Gasteiger partial charge in [0.05, 0.1) is 12.1 Å². The first-order valence-corrected chi connectivity index (χ1v) is 11.5. The molecule has 0 spiro atoms. The molecule has 0 bridgehead atoms. The number of likely N-dealkylation sites (tertiary alicyclic amines) is 1. The van der Waals surface area contributed by atoms with Crippen LogP contribution in [-0.4, -0.2) is 44.6 Å². The van der Waals surface area contributed by atoms with E-state index in [0.717, 1.165) is 30.3 Å². The van der Waals surface area contributed by atoms with Crippen LogP contribution in [-0.2, 0) is 32.6 Å². The maximum absolute atomic E-state index is 14.0. The van der Waals surface area contributed by atoms with E-state index in [4.69, 9.17) is 0 Å². The van der Waals surface area contributed by atoms with Crippen LogP contribution >= 0.6 is 0 Å². The Morgan fingerprint density at radius 2 is 1.86 bits per heavy atom. The maximum atomic E-state index is 14.0. The SMILES string of the molecule is Cn1cnnc1CCc1cccc(N2Cc3c(cc(C(=O)N4CCCC4)cc3C(F)(F)F)C2=O)c1. The number of aromatic nitrogens is 3. The minimum atomic E-state index is -4.68. The van der Waals surface area contributed by atoms with Crippen molar-refractivity contribution >= 4 is 17.5 Å². The summed E-state index contributed by atoms with van der Waals surface area (Å²) < 4.78 is 43.8. The summed E-state index contributed by atoms with van der Waals surface area (Å²) >= 11 is 0. The number of alkyl halides is 3. The molecule has 7 nitrogen and oxygen atoms in total. The monoisotopic (exact) mass is 483 g/mol. The van der Waals surface area contributed by atoms with E-state index in [1.54, 1.807) is 23.4 Å². The second-order valence-corrected chi connectivity index (χ2v) is 8.97. The summed E-state index contributed by atoms with van der Waals surface area (Å²) in [6.07, 6.45) is -0.149. The van der Waals surface area contributed by atoms with E-state index in [2.05, 4.69) is 10.2 Å². The van der Waals surface area contributed by atoms with Crippen molar-refractivity contribution in [2.45, 2.75) is 38.4 Å². The van der Waals surface area contributed by atoms with Crippen molar-refractivity contribution in [2.24, 2.45) is 7.05 Å². The van der Waals surface area contributed by atoms with Crippen LogP contribution in [0.25, 0.3) is 0 Å². The van der Waals surface area contributed by atoms with Crippen molar-refractivity contribution in [3.63, 3.8) is 0 Å². The molecular weight excluding hydrogens is 459 g/mol. The highest BCUT2D eigenvalue weighted by molar-refractivity contribution is 6.11. The lowest BCUT2D eigenvalue weighted by molar-refractivity contribution is -0.138. The summed E-state index contributed by atoms with van der Waals surface area (Å²) in [4.78, 5) is 29.0. The van der Waals surface area contributed by atoms with E-state index in [0.29, 0.717) is 31.6 Å². The standard InChI is InChI=1S/C25H24F3N5O2/c1-31-15-29-30-22(31)8-7-16-5-4-6-18(11-16)33-14-20-19(24(33)35)12-17(13-21(20)25(26,27)28)23(34)32-9-2-3-10-32/h4-6,11-13,15H,2-3,7-10,14H2,1H3. The predicted octanol–water partition coefficient (Wildman–Crippen LogP) is 4.02. The number of carbonyl (C=O) groups is 2. The molecule has 0 saturated carbocycles. The first-order chi connectivity index (χ1) is 16.7. The van der Waals surface area contributed by atoms with Gasteiger partial charge >= 0.3 is 6.18 Å². The van der Waals surface area contributed by atoms with Gasteiger partial charge in [0.25, 0.3) is 11.8 Å². The molecule has 1 saturated heterocycles. The van der Waals surface area contributed by atoms with Gasteiger partial charge < -0.3 is 14.4 Å². The molecule has 0 aliphatic carbocycles. The normalized spacial score (nSPS) is 15.7. The third-order valence-corrected chi connectivity index (χ3v) is 6.65. The highest BCUT2D eigenvalue weighted by Gasteiger charge is 2.41. The van der Waals surface area contributed by atoms with E-state index in [-0.39, 0.29) is 23.2 Å². The van der Waals surface area contributed by atoms with Crippen molar-refractivity contribution in [2.75, 3.05) is 18.0 Å². The van der Waals surface area contributed by atoms with Gasteiger partial charge in [-0.25, -0.2) is 0 Å². The van der Waals surface area contributed by atoms with Crippen molar-refractivity contribution in [3.8, 4) is 0 Å². The molecule has 1 aromatic heterocycles. The molecule has 3 heterocycles. The average Bonchev–Trinajstić information content (AvgIpc) is 3.57. The summed E-state index contributed by atoms with van der Waals surface area (Å²) in [5, 5.41) is 7.93. The minimum absolute atomic E-state index is 0.0631. The number of aryl methyl sites for hydroxylation is 3. The number of hydrogen-bond donors (Lipinski definition) is 0. The van der Waals surface area contributed by atoms with Gasteiger partial charge in [-0.05, 0) is 54.7 Å². The zero-order chi connectivity index (χ0) is 24.7. The van der Waals surface area contributed by atoms with E-state index < -0.39 is 23.6 Å². The van der Waals surface area contributed by atoms with Crippen LogP contribution in [0.4, 0.5) is 18.9 Å². The van der Waals surface area contributed by atoms with Gasteiger partial charge in [0.2, 0.25) is 0 Å². The van der Waals surface area contributed by atoms with Gasteiger partial charge in [0, 0.05) is 43.4 Å². The number of rotatable bonds is 5. The molecule has 2 aliphatic heterocycles. The number of fused-ring (bicyclic) bond motifs is 1. The van der Waals surface area contributed by atoms with Crippen LogP contribution in [0.15, 0.2) is 42.7 Å². The molecule has 3 aromatic rings. The number of nitrogens with zero attached hydrogens (tertiary/aromatic N) is 5. The lowest BCUT2D eigenvalue weighted by Gasteiger charge is -2.18. The lowest BCUT2D eigenvalue weighted by Crippen LogP contribution is -2.28. The Labute approximate surface area is 200 Å². The topological polar surface area (TPSA) is 71.3 Å². The number of benzene rings is 2. The molecule has 35 heavy (non-hydrogen) atoms. The smallest absolute Gasteiger partial charge is 0.339 e. The largest absolute Gasteiger partial charge is 0.416 e. The fraction of sp³-hybridized carbons (Fsp3) is 0.360. The Morgan fingerprint density at radius 1 is 1.09 bits per heavy atom. The molecule has 2 aromatic carbocycles. The fourth-order valence-electron chi connectivity index (χ4n) is 4.77. The van der Waals surface area contributed by atoms with Crippen LogP contribution in [0.2, 0.25) is 0 Å². The first-order valence-electron chi connectivity index (χ1n) is 11.5. The summed E-state index contributed by atoms with van der Waals surface area (Å²) in [7, 11) is 1.85. The summed E-state index contributed by atoms with van der Waals surface area (Å²) in [6, 6.07) is 9.42. The number of carbonyl (C=O) groups excluding carboxylic acids is 2. The molecular formula is C25H24F3N5O2. The van der Waals surface area contributed by atoms with Gasteiger partial charge in [-0.2, -0.15) is 13.2 Å². The number of anilines is 1. The van der Waals surface area contributed by atoms with Crippen molar-refractivity contribution in [1.29, 1.82) is 0 Å². The Bertz CT molecular complexity index is 1290. The van der Waals surface area contributed by atoms with Crippen LogP contribution in [0.3, 0.4) is 0 Å². The molecule has 10 heteroatoms. The third-order valence-electron chi connectivity index (χ3n) is 6.65. The van der Waals surface area contributed by atoms with Crippen LogP contribution in [0.5, 0.6) is 0 Å². The summed E-state index contributed by atoms with van der Waals surface area (Å²) in [5.41, 5.74) is 0.270. The van der Waals surface area contributed by atoms with Gasteiger partial charge in [0.15, 0.2) is 0 Å². The fourth-order valence-corrected chi connectivity index (χ4v) is 4.77. The molecule has 5 rings (SSSR count). The number of amides is 2. The third kappa shape index (κ3) is 4.40. The van der Waals surface area contributed by atoms with Crippen molar-refractivity contribution < 1.29 is 22.8 Å². The molecule has 2 aliphatic rings. The predicted molar refractivity (Wildman–Crippen MR) is 122 cm³/mol. The lowest BCUT2D eigenvalue weighted by atomic mass is 9.98.